The predicted molar refractivity (Wildman–Crippen MR) is 71.2 cm³/mol. The molecule has 0 spiro atoms. The number of rotatable bonds is 4. The Bertz CT molecular complexity index is 394. The Kier molecular flexibility index (Phi) is 4.74. The van der Waals surface area contributed by atoms with Crippen molar-refractivity contribution >= 4 is 11.6 Å². The number of hydrogen-bond acceptors (Lipinski definition) is 5. The summed E-state index contributed by atoms with van der Waals surface area (Å²) in [6, 6.07) is 0. The number of ether oxygens (including phenoxy) is 1. The normalized spacial score (nSPS) is 17.9. The van der Waals surface area contributed by atoms with Crippen LogP contribution in [0.25, 0.3) is 0 Å². The molecule has 5 nitrogen and oxygen atoms in total. The summed E-state index contributed by atoms with van der Waals surface area (Å²) in [6.45, 7) is 7.95. The third kappa shape index (κ3) is 3.80. The molecule has 1 fully saturated rings. The molecule has 0 radical (unpaired) electrons. The standard InChI is InChI=1S/C12H19ClN4O/c1-10-11(9-14-12(13)15-10)18-8-7-17-5-3-16(2)4-6-17/h9H,3-8H2,1-2H3. The summed E-state index contributed by atoms with van der Waals surface area (Å²) in [6.07, 6.45) is 1.63. The number of likely N-dealkylation sites (N-methyl/N-ethyl adjacent to an activating group) is 1. The molecule has 0 amide bonds. The van der Waals surface area contributed by atoms with Crippen LogP contribution in [0.5, 0.6) is 5.75 Å². The fraction of sp³-hybridized carbons (Fsp3) is 0.667. The van der Waals surface area contributed by atoms with Gasteiger partial charge in [0, 0.05) is 32.7 Å². The molecule has 0 bridgehead atoms. The molecule has 1 saturated heterocycles. The Morgan fingerprint density at radius 1 is 1.33 bits per heavy atom. The minimum Gasteiger partial charge on any atom is -0.489 e. The smallest absolute Gasteiger partial charge is 0.222 e. The number of piperazine rings is 1. The molecule has 1 aliphatic rings. The van der Waals surface area contributed by atoms with Crippen molar-refractivity contribution in [3.8, 4) is 5.75 Å². The van der Waals surface area contributed by atoms with Crippen molar-refractivity contribution in [3.05, 3.63) is 17.2 Å². The molecule has 18 heavy (non-hydrogen) atoms. The molecule has 2 heterocycles. The minimum absolute atomic E-state index is 0.263. The summed E-state index contributed by atoms with van der Waals surface area (Å²) < 4.78 is 5.68. The Balaban J connectivity index is 1.75. The van der Waals surface area contributed by atoms with Crippen molar-refractivity contribution in [2.75, 3.05) is 46.4 Å². The van der Waals surface area contributed by atoms with Crippen molar-refractivity contribution in [2.24, 2.45) is 0 Å². The molecule has 0 saturated carbocycles. The van der Waals surface area contributed by atoms with Crippen LogP contribution in [0.4, 0.5) is 0 Å². The van der Waals surface area contributed by atoms with E-state index < -0.39 is 0 Å². The molecule has 1 aliphatic heterocycles. The first-order valence-corrected chi connectivity index (χ1v) is 6.56. The number of aromatic nitrogens is 2. The van der Waals surface area contributed by atoms with Gasteiger partial charge in [-0.05, 0) is 25.6 Å². The maximum Gasteiger partial charge on any atom is 0.222 e. The van der Waals surface area contributed by atoms with Gasteiger partial charge >= 0.3 is 0 Å². The van der Waals surface area contributed by atoms with E-state index in [0.717, 1.165) is 38.4 Å². The van der Waals surface area contributed by atoms with Gasteiger partial charge in [0.2, 0.25) is 5.28 Å². The van der Waals surface area contributed by atoms with Gasteiger partial charge in [-0.2, -0.15) is 0 Å². The molecular formula is C12H19ClN4O. The van der Waals surface area contributed by atoms with Gasteiger partial charge in [-0.1, -0.05) is 0 Å². The van der Waals surface area contributed by atoms with Crippen LogP contribution < -0.4 is 4.74 Å². The fourth-order valence-electron chi connectivity index (χ4n) is 1.93. The SMILES string of the molecule is Cc1nc(Cl)ncc1OCCN1CCN(C)CC1. The van der Waals surface area contributed by atoms with Crippen molar-refractivity contribution in [3.63, 3.8) is 0 Å². The molecule has 0 aromatic carbocycles. The van der Waals surface area contributed by atoms with E-state index in [-0.39, 0.29) is 5.28 Å². The van der Waals surface area contributed by atoms with Gasteiger partial charge in [0.1, 0.15) is 6.61 Å². The highest BCUT2D eigenvalue weighted by molar-refractivity contribution is 6.28. The Labute approximate surface area is 113 Å². The van der Waals surface area contributed by atoms with Crippen molar-refractivity contribution in [1.29, 1.82) is 0 Å². The van der Waals surface area contributed by atoms with Crippen LogP contribution in [0.3, 0.4) is 0 Å². The quantitative estimate of drug-likeness (QED) is 0.766. The number of nitrogens with zero attached hydrogens (tertiary/aromatic N) is 4. The lowest BCUT2D eigenvalue weighted by Gasteiger charge is -2.32. The molecule has 0 N–H and O–H groups in total. The van der Waals surface area contributed by atoms with E-state index >= 15 is 0 Å². The summed E-state index contributed by atoms with van der Waals surface area (Å²) in [4.78, 5) is 12.7. The predicted octanol–water partition coefficient (Wildman–Crippen LogP) is 1.06. The van der Waals surface area contributed by atoms with Crippen molar-refractivity contribution in [2.45, 2.75) is 6.92 Å². The van der Waals surface area contributed by atoms with Crippen LogP contribution in [-0.4, -0.2) is 66.1 Å². The monoisotopic (exact) mass is 270 g/mol. The second-order valence-electron chi connectivity index (χ2n) is 4.58. The zero-order valence-electron chi connectivity index (χ0n) is 10.9. The lowest BCUT2D eigenvalue weighted by molar-refractivity contribution is 0.133. The molecule has 0 unspecified atom stereocenters. The van der Waals surface area contributed by atoms with Gasteiger partial charge in [0.15, 0.2) is 5.75 Å². The molecule has 6 heteroatoms. The van der Waals surface area contributed by atoms with E-state index in [1.165, 1.54) is 0 Å². The van der Waals surface area contributed by atoms with Gasteiger partial charge in [0.25, 0.3) is 0 Å². The second-order valence-corrected chi connectivity index (χ2v) is 4.92. The van der Waals surface area contributed by atoms with Crippen molar-refractivity contribution in [1.82, 2.24) is 19.8 Å². The Morgan fingerprint density at radius 3 is 2.72 bits per heavy atom. The third-order valence-electron chi connectivity index (χ3n) is 3.17. The highest BCUT2D eigenvalue weighted by atomic mass is 35.5. The zero-order valence-corrected chi connectivity index (χ0v) is 11.7. The number of halogens is 1. The summed E-state index contributed by atoms with van der Waals surface area (Å²) >= 11 is 5.70. The van der Waals surface area contributed by atoms with E-state index in [9.17, 15) is 0 Å². The lowest BCUT2D eigenvalue weighted by atomic mass is 10.3. The molecule has 100 valence electrons. The lowest BCUT2D eigenvalue weighted by Crippen LogP contribution is -2.45. The van der Waals surface area contributed by atoms with Crippen LogP contribution >= 0.6 is 11.6 Å². The molecule has 0 aliphatic carbocycles. The van der Waals surface area contributed by atoms with Crippen LogP contribution in [0, 0.1) is 6.92 Å². The van der Waals surface area contributed by atoms with E-state index in [4.69, 9.17) is 16.3 Å². The van der Waals surface area contributed by atoms with E-state index in [2.05, 4.69) is 26.8 Å². The largest absolute Gasteiger partial charge is 0.489 e. The molecule has 2 rings (SSSR count). The van der Waals surface area contributed by atoms with E-state index in [0.29, 0.717) is 12.4 Å². The average molecular weight is 271 g/mol. The summed E-state index contributed by atoms with van der Waals surface area (Å²) in [5.74, 6) is 0.716. The molecule has 1 aromatic rings. The summed E-state index contributed by atoms with van der Waals surface area (Å²) in [5.41, 5.74) is 0.786. The first-order chi connectivity index (χ1) is 8.65. The van der Waals surface area contributed by atoms with Crippen LogP contribution in [0.2, 0.25) is 5.28 Å². The summed E-state index contributed by atoms with van der Waals surface area (Å²) in [7, 11) is 2.16. The Morgan fingerprint density at radius 2 is 2.06 bits per heavy atom. The van der Waals surface area contributed by atoms with E-state index in [1.54, 1.807) is 6.20 Å². The average Bonchev–Trinajstić information content (AvgIpc) is 2.34. The fourth-order valence-corrected chi connectivity index (χ4v) is 2.10. The maximum absolute atomic E-state index is 5.70. The highest BCUT2D eigenvalue weighted by Gasteiger charge is 2.13. The van der Waals surface area contributed by atoms with Gasteiger partial charge in [-0.3, -0.25) is 4.90 Å². The topological polar surface area (TPSA) is 41.5 Å². The van der Waals surface area contributed by atoms with Crippen molar-refractivity contribution < 1.29 is 4.74 Å². The molecule has 1 aromatic heterocycles. The highest BCUT2D eigenvalue weighted by Crippen LogP contribution is 2.15. The molecular weight excluding hydrogens is 252 g/mol. The number of aryl methyl sites for hydroxylation is 1. The third-order valence-corrected chi connectivity index (χ3v) is 3.35. The minimum atomic E-state index is 0.263. The van der Waals surface area contributed by atoms with Crippen LogP contribution in [-0.2, 0) is 0 Å². The second kappa shape index (κ2) is 6.31. The molecule has 0 atom stereocenters. The van der Waals surface area contributed by atoms with Gasteiger partial charge in [0.05, 0.1) is 11.9 Å². The van der Waals surface area contributed by atoms with Gasteiger partial charge in [-0.15, -0.1) is 0 Å². The van der Waals surface area contributed by atoms with Crippen LogP contribution in [0.15, 0.2) is 6.20 Å². The van der Waals surface area contributed by atoms with E-state index in [1.807, 2.05) is 6.92 Å². The number of hydrogen-bond donors (Lipinski definition) is 0. The van der Waals surface area contributed by atoms with Gasteiger partial charge < -0.3 is 9.64 Å². The maximum atomic E-state index is 5.70. The van der Waals surface area contributed by atoms with Gasteiger partial charge in [-0.25, -0.2) is 9.97 Å². The first-order valence-electron chi connectivity index (χ1n) is 6.18. The first kappa shape index (κ1) is 13.5. The zero-order chi connectivity index (χ0) is 13.0. The Hall–Kier alpha value is -0.910. The van der Waals surface area contributed by atoms with Crippen LogP contribution in [0.1, 0.15) is 5.69 Å². The summed E-state index contributed by atoms with van der Waals surface area (Å²) in [5, 5.41) is 0.263.